The van der Waals surface area contributed by atoms with E-state index in [4.69, 9.17) is 4.98 Å². The van der Waals surface area contributed by atoms with Gasteiger partial charge in [0.25, 0.3) is 0 Å². The Hall–Kier alpha value is -1.65. The average Bonchev–Trinajstić information content (AvgIpc) is 3.03. The van der Waals surface area contributed by atoms with Crippen LogP contribution in [0.5, 0.6) is 0 Å². The Morgan fingerprint density at radius 2 is 1.95 bits per heavy atom. The van der Waals surface area contributed by atoms with Crippen LogP contribution in [0.15, 0.2) is 34.8 Å². The molecule has 0 atom stereocenters. The van der Waals surface area contributed by atoms with Crippen LogP contribution < -0.4 is 5.32 Å². The van der Waals surface area contributed by atoms with E-state index in [1.165, 1.54) is 16.7 Å². The molecular weight excluding hydrogens is 314 g/mol. The summed E-state index contributed by atoms with van der Waals surface area (Å²) in [5.74, 6) is 0.941. The Labute approximate surface area is 125 Å². The highest BCUT2D eigenvalue weighted by molar-refractivity contribution is 9.10. The largest absolute Gasteiger partial charge is 0.338 e. The molecule has 2 aromatic carbocycles. The Balaban J connectivity index is 1.88. The van der Waals surface area contributed by atoms with E-state index in [0.29, 0.717) is 0 Å². The Kier molecular flexibility index (Phi) is 2.69. The van der Waals surface area contributed by atoms with E-state index in [1.54, 1.807) is 0 Å². The molecule has 2 heterocycles. The van der Waals surface area contributed by atoms with Gasteiger partial charge in [-0.05, 0) is 41.8 Å². The molecule has 3 aromatic rings. The second kappa shape index (κ2) is 4.43. The van der Waals surface area contributed by atoms with E-state index in [1.807, 2.05) is 0 Å². The van der Waals surface area contributed by atoms with Crippen molar-refractivity contribution in [3.63, 3.8) is 0 Å². The van der Waals surface area contributed by atoms with Gasteiger partial charge in [0.1, 0.15) is 5.82 Å². The second-order valence-electron chi connectivity index (χ2n) is 5.29. The van der Waals surface area contributed by atoms with Crippen molar-refractivity contribution in [1.29, 1.82) is 0 Å². The molecule has 4 rings (SSSR count). The van der Waals surface area contributed by atoms with Gasteiger partial charge in [0.2, 0.25) is 0 Å². The molecule has 0 saturated carbocycles. The molecule has 20 heavy (non-hydrogen) atoms. The van der Waals surface area contributed by atoms with Crippen molar-refractivity contribution >= 4 is 27.0 Å². The fraction of sp³-hybridized carbons (Fsp3) is 0.188. The van der Waals surface area contributed by atoms with E-state index >= 15 is 0 Å². The van der Waals surface area contributed by atoms with E-state index in [-0.39, 0.29) is 0 Å². The second-order valence-corrected chi connectivity index (χ2v) is 6.21. The van der Waals surface area contributed by atoms with Gasteiger partial charge in [-0.25, -0.2) is 4.98 Å². The van der Waals surface area contributed by atoms with Crippen LogP contribution in [-0.2, 0) is 13.1 Å². The molecule has 0 fully saturated rings. The summed E-state index contributed by atoms with van der Waals surface area (Å²) >= 11 is 3.53. The van der Waals surface area contributed by atoms with Gasteiger partial charge < -0.3 is 10.3 Å². The lowest BCUT2D eigenvalue weighted by Crippen LogP contribution is -1.99. The smallest absolute Gasteiger partial charge is 0.138 e. The molecule has 100 valence electrons. The average molecular weight is 328 g/mol. The summed E-state index contributed by atoms with van der Waals surface area (Å²) in [6.45, 7) is 4.01. The van der Waals surface area contributed by atoms with Gasteiger partial charge in [0.05, 0.1) is 11.0 Å². The number of halogens is 1. The lowest BCUT2D eigenvalue weighted by atomic mass is 10.1. The number of imidazole rings is 1. The highest BCUT2D eigenvalue weighted by Crippen LogP contribution is 2.28. The third-order valence-corrected chi connectivity index (χ3v) is 4.31. The number of nitrogens with zero attached hydrogens (tertiary/aromatic N) is 1. The standard InChI is InChI=1S/C16H14BrN3/c1-9-4-13(17)6-14-15(9)20-16(19-14)10-2-3-11-7-18-8-12(11)5-10/h2-6,18H,7-8H2,1H3,(H,19,20). The minimum absolute atomic E-state index is 0.941. The molecule has 0 amide bonds. The number of H-pyrrole nitrogens is 1. The van der Waals surface area contributed by atoms with Gasteiger partial charge in [0.15, 0.2) is 0 Å². The first-order valence-electron chi connectivity index (χ1n) is 6.69. The van der Waals surface area contributed by atoms with Gasteiger partial charge in [-0.3, -0.25) is 0 Å². The van der Waals surface area contributed by atoms with E-state index in [2.05, 4.69) is 63.5 Å². The van der Waals surface area contributed by atoms with Crippen molar-refractivity contribution in [2.75, 3.05) is 0 Å². The maximum atomic E-state index is 4.75. The van der Waals surface area contributed by atoms with Crippen LogP contribution in [-0.4, -0.2) is 9.97 Å². The first kappa shape index (κ1) is 12.1. The highest BCUT2D eigenvalue weighted by atomic mass is 79.9. The van der Waals surface area contributed by atoms with Crippen LogP contribution in [0, 0.1) is 6.92 Å². The first-order chi connectivity index (χ1) is 9.70. The summed E-state index contributed by atoms with van der Waals surface area (Å²) < 4.78 is 1.08. The number of nitrogens with one attached hydrogen (secondary N) is 2. The lowest BCUT2D eigenvalue weighted by Gasteiger charge is -2.01. The summed E-state index contributed by atoms with van der Waals surface area (Å²) in [5, 5.41) is 3.37. The summed E-state index contributed by atoms with van der Waals surface area (Å²) in [6.07, 6.45) is 0. The van der Waals surface area contributed by atoms with Crippen molar-refractivity contribution in [1.82, 2.24) is 15.3 Å². The molecule has 1 aromatic heterocycles. The van der Waals surface area contributed by atoms with Crippen molar-refractivity contribution in [2.24, 2.45) is 0 Å². The van der Waals surface area contributed by atoms with Crippen LogP contribution in [0.4, 0.5) is 0 Å². The maximum Gasteiger partial charge on any atom is 0.138 e. The molecule has 0 bridgehead atoms. The third kappa shape index (κ3) is 1.87. The number of aryl methyl sites for hydroxylation is 1. The minimum atomic E-state index is 0.941. The number of aromatic amines is 1. The Bertz CT molecular complexity index is 820. The predicted octanol–water partition coefficient (Wildman–Crippen LogP) is 3.90. The monoisotopic (exact) mass is 327 g/mol. The van der Waals surface area contributed by atoms with Crippen LogP contribution in [0.2, 0.25) is 0 Å². The molecular formula is C16H14BrN3. The van der Waals surface area contributed by atoms with Gasteiger partial charge in [-0.15, -0.1) is 0 Å². The van der Waals surface area contributed by atoms with Crippen LogP contribution in [0.3, 0.4) is 0 Å². The number of benzene rings is 2. The SMILES string of the molecule is Cc1cc(Br)cc2[nH]c(-c3ccc4c(c3)CNC4)nc12. The molecule has 0 saturated heterocycles. The van der Waals surface area contributed by atoms with Crippen molar-refractivity contribution < 1.29 is 0 Å². The number of rotatable bonds is 1. The molecule has 2 N–H and O–H groups in total. The zero-order valence-corrected chi connectivity index (χ0v) is 12.7. The number of aromatic nitrogens is 2. The normalized spacial score (nSPS) is 13.9. The summed E-state index contributed by atoms with van der Waals surface area (Å²) in [4.78, 5) is 8.18. The number of fused-ring (bicyclic) bond motifs is 2. The lowest BCUT2D eigenvalue weighted by molar-refractivity contribution is 0.765. The Morgan fingerprint density at radius 3 is 2.85 bits per heavy atom. The number of hydrogen-bond donors (Lipinski definition) is 2. The minimum Gasteiger partial charge on any atom is -0.338 e. The first-order valence-corrected chi connectivity index (χ1v) is 7.49. The van der Waals surface area contributed by atoms with Crippen LogP contribution >= 0.6 is 15.9 Å². The molecule has 4 heteroatoms. The Morgan fingerprint density at radius 1 is 1.10 bits per heavy atom. The van der Waals surface area contributed by atoms with Crippen LogP contribution in [0.25, 0.3) is 22.4 Å². The summed E-state index contributed by atoms with van der Waals surface area (Å²) in [5.41, 5.74) is 7.22. The van der Waals surface area contributed by atoms with Gasteiger partial charge in [-0.2, -0.15) is 0 Å². The number of hydrogen-bond acceptors (Lipinski definition) is 2. The molecule has 0 spiro atoms. The van der Waals surface area contributed by atoms with Gasteiger partial charge in [-0.1, -0.05) is 28.1 Å². The van der Waals surface area contributed by atoms with Crippen molar-refractivity contribution in [3.8, 4) is 11.4 Å². The predicted molar refractivity (Wildman–Crippen MR) is 84.5 cm³/mol. The fourth-order valence-electron chi connectivity index (χ4n) is 2.83. The van der Waals surface area contributed by atoms with Gasteiger partial charge in [0, 0.05) is 23.1 Å². The molecule has 1 aliphatic rings. The van der Waals surface area contributed by atoms with E-state index < -0.39 is 0 Å². The molecule has 0 radical (unpaired) electrons. The maximum absolute atomic E-state index is 4.75. The quantitative estimate of drug-likeness (QED) is 0.711. The molecule has 1 aliphatic heterocycles. The fourth-order valence-corrected chi connectivity index (χ4v) is 3.40. The third-order valence-electron chi connectivity index (χ3n) is 3.85. The molecule has 0 unspecified atom stereocenters. The van der Waals surface area contributed by atoms with E-state index in [0.717, 1.165) is 40.0 Å². The zero-order valence-electron chi connectivity index (χ0n) is 11.1. The molecule has 0 aliphatic carbocycles. The zero-order chi connectivity index (χ0) is 13.7. The molecule has 3 nitrogen and oxygen atoms in total. The summed E-state index contributed by atoms with van der Waals surface area (Å²) in [6, 6.07) is 10.7. The topological polar surface area (TPSA) is 40.7 Å². The van der Waals surface area contributed by atoms with Crippen LogP contribution in [0.1, 0.15) is 16.7 Å². The summed E-state index contributed by atoms with van der Waals surface area (Å²) in [7, 11) is 0. The van der Waals surface area contributed by atoms with Crippen molar-refractivity contribution in [3.05, 3.63) is 51.5 Å². The highest BCUT2D eigenvalue weighted by Gasteiger charge is 2.13. The van der Waals surface area contributed by atoms with Gasteiger partial charge >= 0.3 is 0 Å². The van der Waals surface area contributed by atoms with Crippen molar-refractivity contribution in [2.45, 2.75) is 20.0 Å². The van der Waals surface area contributed by atoms with E-state index in [9.17, 15) is 0 Å².